The lowest BCUT2D eigenvalue weighted by Gasteiger charge is -2.28. The minimum Gasteiger partial charge on any atom is -0.396 e. The summed E-state index contributed by atoms with van der Waals surface area (Å²) in [6, 6.07) is 0. The number of hydrogen-bond donors (Lipinski definition) is 3. The van der Waals surface area contributed by atoms with Crippen molar-refractivity contribution in [2.75, 3.05) is 26.2 Å². The molecular formula is C15H31ClN2O2. The minimum atomic E-state index is 0. The Labute approximate surface area is 129 Å². The van der Waals surface area contributed by atoms with Crippen LogP contribution in [-0.4, -0.2) is 37.3 Å². The van der Waals surface area contributed by atoms with Crippen molar-refractivity contribution in [3.05, 3.63) is 0 Å². The molecule has 0 aromatic rings. The summed E-state index contributed by atoms with van der Waals surface area (Å²) in [4.78, 5) is 11.9. The summed E-state index contributed by atoms with van der Waals surface area (Å²) in [5.41, 5.74) is 0. The Morgan fingerprint density at radius 1 is 1.50 bits per heavy atom. The summed E-state index contributed by atoms with van der Waals surface area (Å²) < 4.78 is 0. The van der Waals surface area contributed by atoms with E-state index in [9.17, 15) is 4.79 Å². The number of carbonyl (C=O) groups is 1. The molecule has 1 heterocycles. The molecule has 0 bridgehead atoms. The molecule has 1 saturated heterocycles. The standard InChI is InChI=1S/C15H30N2O2.ClH/c1-3-13(6-8-18)10-17-15(19)9-12(2)14-5-4-7-16-11-14;/h12-14,16,18H,3-11H2,1-2H3,(H,17,19);1H. The van der Waals surface area contributed by atoms with E-state index in [-0.39, 0.29) is 24.9 Å². The summed E-state index contributed by atoms with van der Waals surface area (Å²) in [6.07, 6.45) is 4.87. The molecule has 20 heavy (non-hydrogen) atoms. The molecule has 1 rings (SSSR count). The monoisotopic (exact) mass is 306 g/mol. The molecule has 0 aromatic carbocycles. The number of aliphatic hydroxyl groups excluding tert-OH is 1. The van der Waals surface area contributed by atoms with Crippen LogP contribution in [0.1, 0.15) is 46.0 Å². The normalized spacial score (nSPS) is 21.6. The van der Waals surface area contributed by atoms with Gasteiger partial charge in [-0.05, 0) is 50.1 Å². The van der Waals surface area contributed by atoms with Gasteiger partial charge in [0.2, 0.25) is 5.91 Å². The molecule has 3 atom stereocenters. The SMILES string of the molecule is CCC(CCO)CNC(=O)CC(C)C1CCCNC1.Cl. The molecule has 0 radical (unpaired) electrons. The molecule has 0 saturated carbocycles. The zero-order chi connectivity index (χ0) is 14.1. The zero-order valence-corrected chi connectivity index (χ0v) is 13.7. The smallest absolute Gasteiger partial charge is 0.220 e. The zero-order valence-electron chi connectivity index (χ0n) is 12.9. The molecule has 3 unspecified atom stereocenters. The molecule has 1 amide bonds. The first-order chi connectivity index (χ1) is 9.17. The first-order valence-corrected chi connectivity index (χ1v) is 7.75. The third-order valence-corrected chi connectivity index (χ3v) is 4.35. The number of amides is 1. The topological polar surface area (TPSA) is 61.4 Å². The van der Waals surface area contributed by atoms with E-state index in [1.807, 2.05) is 0 Å². The van der Waals surface area contributed by atoms with Crippen molar-refractivity contribution in [3.63, 3.8) is 0 Å². The maximum absolute atomic E-state index is 11.9. The van der Waals surface area contributed by atoms with Crippen LogP contribution in [0.4, 0.5) is 0 Å². The number of halogens is 1. The predicted octanol–water partition coefficient (Wildman–Crippen LogP) is 1.96. The molecule has 0 aliphatic carbocycles. The Balaban J connectivity index is 0.00000361. The van der Waals surface area contributed by atoms with Crippen molar-refractivity contribution in [3.8, 4) is 0 Å². The van der Waals surface area contributed by atoms with Gasteiger partial charge < -0.3 is 15.7 Å². The number of hydrogen-bond acceptors (Lipinski definition) is 3. The second kappa shape index (κ2) is 11.4. The Hall–Kier alpha value is -0.320. The lowest BCUT2D eigenvalue weighted by Crippen LogP contribution is -2.36. The minimum absolute atomic E-state index is 0. The van der Waals surface area contributed by atoms with Crippen molar-refractivity contribution >= 4 is 18.3 Å². The average molecular weight is 307 g/mol. The van der Waals surface area contributed by atoms with Crippen LogP contribution in [0.3, 0.4) is 0 Å². The van der Waals surface area contributed by atoms with Gasteiger partial charge in [-0.2, -0.15) is 0 Å². The van der Waals surface area contributed by atoms with Crippen LogP contribution < -0.4 is 10.6 Å². The van der Waals surface area contributed by atoms with Crippen LogP contribution in [-0.2, 0) is 4.79 Å². The van der Waals surface area contributed by atoms with E-state index < -0.39 is 0 Å². The molecule has 0 aromatic heterocycles. The Morgan fingerprint density at radius 2 is 2.25 bits per heavy atom. The molecule has 1 aliphatic rings. The van der Waals surface area contributed by atoms with E-state index in [1.54, 1.807) is 0 Å². The third-order valence-electron chi connectivity index (χ3n) is 4.35. The largest absolute Gasteiger partial charge is 0.396 e. The number of rotatable bonds is 8. The summed E-state index contributed by atoms with van der Waals surface area (Å²) in [5, 5.41) is 15.4. The second-order valence-electron chi connectivity index (χ2n) is 5.88. The van der Waals surface area contributed by atoms with Crippen LogP contribution in [0.15, 0.2) is 0 Å². The number of aliphatic hydroxyl groups is 1. The summed E-state index contributed by atoms with van der Waals surface area (Å²) in [6.45, 7) is 7.36. The van der Waals surface area contributed by atoms with Gasteiger partial charge >= 0.3 is 0 Å². The third kappa shape index (κ3) is 7.46. The van der Waals surface area contributed by atoms with Gasteiger partial charge in [-0.15, -0.1) is 12.4 Å². The highest BCUT2D eigenvalue weighted by molar-refractivity contribution is 5.85. The fourth-order valence-corrected chi connectivity index (χ4v) is 2.79. The van der Waals surface area contributed by atoms with Gasteiger partial charge in [-0.3, -0.25) is 4.79 Å². The van der Waals surface area contributed by atoms with Crippen LogP contribution in [0.2, 0.25) is 0 Å². The lowest BCUT2D eigenvalue weighted by molar-refractivity contribution is -0.122. The first-order valence-electron chi connectivity index (χ1n) is 7.75. The van der Waals surface area contributed by atoms with Crippen molar-refractivity contribution in [1.82, 2.24) is 10.6 Å². The van der Waals surface area contributed by atoms with E-state index in [0.717, 1.165) is 25.9 Å². The van der Waals surface area contributed by atoms with Gasteiger partial charge in [0, 0.05) is 19.6 Å². The predicted molar refractivity (Wildman–Crippen MR) is 85.1 cm³/mol. The van der Waals surface area contributed by atoms with Gasteiger partial charge in [0.1, 0.15) is 0 Å². The number of piperidine rings is 1. The average Bonchev–Trinajstić information content (AvgIpc) is 2.44. The van der Waals surface area contributed by atoms with E-state index >= 15 is 0 Å². The van der Waals surface area contributed by atoms with Crippen molar-refractivity contribution in [2.45, 2.75) is 46.0 Å². The van der Waals surface area contributed by atoms with Crippen molar-refractivity contribution < 1.29 is 9.90 Å². The maximum Gasteiger partial charge on any atom is 0.220 e. The van der Waals surface area contributed by atoms with Crippen LogP contribution in [0.5, 0.6) is 0 Å². The summed E-state index contributed by atoms with van der Waals surface area (Å²) in [5.74, 6) is 1.65. The lowest BCUT2D eigenvalue weighted by atomic mass is 9.85. The fraction of sp³-hybridized carbons (Fsp3) is 0.933. The second-order valence-corrected chi connectivity index (χ2v) is 5.88. The van der Waals surface area contributed by atoms with Crippen LogP contribution >= 0.6 is 12.4 Å². The van der Waals surface area contributed by atoms with E-state index in [0.29, 0.717) is 30.7 Å². The molecule has 120 valence electrons. The molecular weight excluding hydrogens is 276 g/mol. The van der Waals surface area contributed by atoms with E-state index in [4.69, 9.17) is 5.11 Å². The van der Waals surface area contributed by atoms with Crippen LogP contribution in [0.25, 0.3) is 0 Å². The van der Waals surface area contributed by atoms with Crippen molar-refractivity contribution in [1.29, 1.82) is 0 Å². The molecule has 0 spiro atoms. The molecule has 4 nitrogen and oxygen atoms in total. The number of carbonyl (C=O) groups excluding carboxylic acids is 1. The van der Waals surface area contributed by atoms with Gasteiger partial charge in [0.25, 0.3) is 0 Å². The van der Waals surface area contributed by atoms with Gasteiger partial charge in [0.05, 0.1) is 0 Å². The maximum atomic E-state index is 11.9. The highest BCUT2D eigenvalue weighted by atomic mass is 35.5. The van der Waals surface area contributed by atoms with Crippen molar-refractivity contribution in [2.24, 2.45) is 17.8 Å². The van der Waals surface area contributed by atoms with Gasteiger partial charge in [0.15, 0.2) is 0 Å². The van der Waals surface area contributed by atoms with E-state index in [2.05, 4.69) is 24.5 Å². The molecule has 5 heteroatoms. The van der Waals surface area contributed by atoms with Gasteiger partial charge in [-0.25, -0.2) is 0 Å². The summed E-state index contributed by atoms with van der Waals surface area (Å²) in [7, 11) is 0. The first kappa shape index (κ1) is 19.7. The Bertz CT molecular complexity index is 258. The Kier molecular flexibility index (Phi) is 11.2. The molecule has 1 aliphatic heterocycles. The van der Waals surface area contributed by atoms with Gasteiger partial charge in [-0.1, -0.05) is 20.3 Å². The molecule has 1 fully saturated rings. The van der Waals surface area contributed by atoms with E-state index in [1.165, 1.54) is 12.8 Å². The summed E-state index contributed by atoms with van der Waals surface area (Å²) >= 11 is 0. The number of nitrogens with one attached hydrogen (secondary N) is 2. The van der Waals surface area contributed by atoms with Crippen LogP contribution in [0, 0.1) is 17.8 Å². The fourth-order valence-electron chi connectivity index (χ4n) is 2.79. The quantitative estimate of drug-likeness (QED) is 0.642. The highest BCUT2D eigenvalue weighted by Crippen LogP contribution is 2.22. The highest BCUT2D eigenvalue weighted by Gasteiger charge is 2.22. The Morgan fingerprint density at radius 3 is 2.80 bits per heavy atom. The molecule has 3 N–H and O–H groups in total.